The van der Waals surface area contributed by atoms with Crippen LogP contribution < -0.4 is 26.4 Å². The standard InChI is InChI=1S/C10H12IO5/c1-14-7-5-4-6(11-16-3)8(9(7)12)10(13)15-2/h4-5,12H,1-3H3/q-1. The number of aromatic hydroxyl groups is 1. The molecule has 0 aliphatic heterocycles. The van der Waals surface area contributed by atoms with Gasteiger partial charge in [-0.15, -0.1) is 0 Å². The number of hydrogen-bond acceptors (Lipinski definition) is 5. The van der Waals surface area contributed by atoms with Crippen molar-refractivity contribution in [3.8, 4) is 11.5 Å². The minimum atomic E-state index is -0.783. The summed E-state index contributed by atoms with van der Waals surface area (Å²) < 4.78 is 15.2. The van der Waals surface area contributed by atoms with Crippen LogP contribution in [0.15, 0.2) is 12.1 Å². The monoisotopic (exact) mass is 339 g/mol. The van der Waals surface area contributed by atoms with E-state index in [0.29, 0.717) is 3.57 Å². The molecule has 0 aliphatic carbocycles. The fourth-order valence-electron chi connectivity index (χ4n) is 1.16. The van der Waals surface area contributed by atoms with E-state index in [9.17, 15) is 9.90 Å². The average Bonchev–Trinajstić information content (AvgIpc) is 2.29. The quantitative estimate of drug-likeness (QED) is 0.508. The van der Waals surface area contributed by atoms with Crippen LogP contribution in [0.2, 0.25) is 0 Å². The molecule has 5 nitrogen and oxygen atoms in total. The van der Waals surface area contributed by atoms with Crippen molar-refractivity contribution in [1.29, 1.82) is 0 Å². The molecule has 1 N–H and O–H groups in total. The number of carbonyl (C=O) groups excluding carboxylic acids is 1. The van der Waals surface area contributed by atoms with Gasteiger partial charge in [0.2, 0.25) is 0 Å². The van der Waals surface area contributed by atoms with E-state index in [-0.39, 0.29) is 17.1 Å². The van der Waals surface area contributed by atoms with Crippen molar-refractivity contribution in [3.63, 3.8) is 0 Å². The number of rotatable bonds is 4. The van der Waals surface area contributed by atoms with Gasteiger partial charge in [0.1, 0.15) is 0 Å². The molecule has 0 fully saturated rings. The number of esters is 1. The molecule has 0 atom stereocenters. The van der Waals surface area contributed by atoms with Crippen LogP contribution in [0.1, 0.15) is 10.4 Å². The van der Waals surface area contributed by atoms with Crippen LogP contribution >= 0.6 is 0 Å². The molecule has 0 bridgehead atoms. The molecule has 0 aliphatic rings. The summed E-state index contributed by atoms with van der Waals surface area (Å²) in [6.07, 6.45) is 0. The van der Waals surface area contributed by atoms with E-state index in [0.717, 1.165) is 0 Å². The first-order valence-electron chi connectivity index (χ1n) is 4.31. The molecule has 0 saturated heterocycles. The molecule has 1 rings (SSSR count). The second-order valence-corrected chi connectivity index (χ2v) is 5.18. The molecule has 1 aromatic rings. The van der Waals surface area contributed by atoms with Gasteiger partial charge < -0.3 is 0 Å². The number of ether oxygens (including phenoxy) is 2. The fraction of sp³-hybridized carbons (Fsp3) is 0.300. The minimum absolute atomic E-state index is 0.122. The molecular weight excluding hydrogens is 327 g/mol. The molecular formula is C10H12IO5-. The third kappa shape index (κ3) is 2.56. The summed E-state index contributed by atoms with van der Waals surface area (Å²) in [6, 6.07) is 3.29. The van der Waals surface area contributed by atoms with Gasteiger partial charge >= 0.3 is 104 Å². The van der Waals surface area contributed by atoms with Crippen molar-refractivity contribution >= 4 is 5.97 Å². The van der Waals surface area contributed by atoms with E-state index in [2.05, 4.69) is 4.74 Å². The summed E-state index contributed by atoms with van der Waals surface area (Å²) in [6.45, 7) is 0. The summed E-state index contributed by atoms with van der Waals surface area (Å²) in [5, 5.41) is 9.83. The third-order valence-corrected chi connectivity index (χ3v) is 3.67. The summed E-state index contributed by atoms with van der Waals surface area (Å²) >= 11 is -0.783. The van der Waals surface area contributed by atoms with Gasteiger partial charge in [-0.25, -0.2) is 0 Å². The summed E-state index contributed by atoms with van der Waals surface area (Å²) in [5.41, 5.74) is 0.122. The van der Waals surface area contributed by atoms with Crippen LogP contribution in [0.5, 0.6) is 11.5 Å². The van der Waals surface area contributed by atoms with Crippen molar-refractivity contribution in [3.05, 3.63) is 21.3 Å². The number of phenolic OH excluding ortho intramolecular Hbond substituents is 1. The van der Waals surface area contributed by atoms with Gasteiger partial charge in [0.15, 0.2) is 0 Å². The number of halogens is 1. The first-order valence-corrected chi connectivity index (χ1v) is 6.27. The zero-order valence-corrected chi connectivity index (χ0v) is 11.3. The van der Waals surface area contributed by atoms with Gasteiger partial charge in [-0.05, 0) is 0 Å². The maximum atomic E-state index is 11.5. The van der Waals surface area contributed by atoms with Crippen molar-refractivity contribution < 1.29 is 44.1 Å². The normalized spacial score (nSPS) is 10.2. The van der Waals surface area contributed by atoms with E-state index in [1.165, 1.54) is 14.2 Å². The fourth-order valence-corrected chi connectivity index (χ4v) is 2.65. The second kappa shape index (κ2) is 5.90. The Morgan fingerprint density at radius 1 is 1.31 bits per heavy atom. The zero-order chi connectivity index (χ0) is 12.1. The zero-order valence-electron chi connectivity index (χ0n) is 9.11. The number of benzene rings is 1. The molecule has 0 saturated carbocycles. The van der Waals surface area contributed by atoms with Crippen molar-refractivity contribution in [2.45, 2.75) is 0 Å². The predicted octanol–water partition coefficient (Wildman–Crippen LogP) is -1.99. The topological polar surface area (TPSA) is 65.0 Å². The molecule has 6 heteroatoms. The van der Waals surface area contributed by atoms with Gasteiger partial charge in [-0.1, -0.05) is 0 Å². The first-order chi connectivity index (χ1) is 7.65. The van der Waals surface area contributed by atoms with Crippen LogP contribution in [-0.4, -0.2) is 32.4 Å². The first kappa shape index (κ1) is 13.0. The Hall–Kier alpha value is -1.02. The third-order valence-electron chi connectivity index (χ3n) is 1.86. The second-order valence-electron chi connectivity index (χ2n) is 2.70. The number of hydrogen-bond donors (Lipinski definition) is 1. The molecule has 0 aromatic heterocycles. The van der Waals surface area contributed by atoms with Crippen LogP contribution in [-0.2, 0) is 7.80 Å². The summed E-state index contributed by atoms with van der Waals surface area (Å²) in [4.78, 5) is 11.5. The van der Waals surface area contributed by atoms with Crippen LogP contribution in [0.3, 0.4) is 0 Å². The Balaban J connectivity index is 3.30. The molecule has 90 valence electrons. The molecule has 0 radical (unpaired) electrons. The van der Waals surface area contributed by atoms with E-state index in [4.69, 9.17) is 7.80 Å². The van der Waals surface area contributed by atoms with E-state index < -0.39 is 27.6 Å². The van der Waals surface area contributed by atoms with Crippen LogP contribution in [0, 0.1) is 3.57 Å². The molecule has 0 unspecified atom stereocenters. The molecule has 0 heterocycles. The Kier molecular flexibility index (Phi) is 4.81. The van der Waals surface area contributed by atoms with Crippen molar-refractivity contribution in [2.24, 2.45) is 0 Å². The van der Waals surface area contributed by atoms with Crippen LogP contribution in [0.4, 0.5) is 0 Å². The Morgan fingerprint density at radius 3 is 2.50 bits per heavy atom. The maximum absolute atomic E-state index is 11.5. The predicted molar refractivity (Wildman–Crippen MR) is 51.7 cm³/mol. The van der Waals surface area contributed by atoms with E-state index in [1.807, 2.05) is 0 Å². The van der Waals surface area contributed by atoms with Gasteiger partial charge in [0.25, 0.3) is 0 Å². The number of phenols is 1. The van der Waals surface area contributed by atoms with Gasteiger partial charge in [0.05, 0.1) is 0 Å². The summed E-state index contributed by atoms with van der Waals surface area (Å²) in [7, 11) is 4.23. The van der Waals surface area contributed by atoms with Crippen molar-refractivity contribution in [2.75, 3.05) is 21.3 Å². The SMILES string of the molecule is CO[I-]c1ccc(OC)c(O)c1C(=O)OC. The van der Waals surface area contributed by atoms with Crippen LogP contribution in [0.25, 0.3) is 0 Å². The number of methoxy groups -OCH3 is 2. The Labute approximate surface area is 104 Å². The molecule has 16 heavy (non-hydrogen) atoms. The molecule has 0 amide bonds. The van der Waals surface area contributed by atoms with Gasteiger partial charge in [0, 0.05) is 0 Å². The Morgan fingerprint density at radius 2 is 2.00 bits per heavy atom. The van der Waals surface area contributed by atoms with Gasteiger partial charge in [-0.2, -0.15) is 0 Å². The average molecular weight is 339 g/mol. The van der Waals surface area contributed by atoms with Gasteiger partial charge in [-0.3, -0.25) is 0 Å². The molecule has 1 aromatic carbocycles. The summed E-state index contributed by atoms with van der Waals surface area (Å²) in [5.74, 6) is -0.559. The number of carbonyl (C=O) groups is 1. The Bertz CT molecular complexity index is 391. The molecule has 0 spiro atoms. The van der Waals surface area contributed by atoms with E-state index in [1.54, 1.807) is 19.2 Å². The van der Waals surface area contributed by atoms with E-state index >= 15 is 0 Å². The van der Waals surface area contributed by atoms with Crippen molar-refractivity contribution in [1.82, 2.24) is 0 Å².